The van der Waals surface area contributed by atoms with Crippen LogP contribution in [0.15, 0.2) is 15.9 Å². The SMILES string of the molecule is CN1CN([C@H]2CN(C(CO)CO)C[C@@H](COP(=O)(O)OP(=O)(O)OP(=O)(O)OC[C@H]3O[C@@H](n4cnc5c(=O)[nH]c(N)nc54)[C@H](O)[C@@H]3O)O2)c2nc(N)[nH]c(=O)c21. The molecule has 3 aliphatic heterocycles. The maximum absolute atomic E-state index is 12.8. The Hall–Kier alpha value is -3.44. The minimum absolute atomic E-state index is 0.0131. The third kappa shape index (κ3) is 8.99. The molecule has 29 nitrogen and oxygen atoms in total. The van der Waals surface area contributed by atoms with Crippen molar-refractivity contribution in [1.82, 2.24) is 34.4 Å². The molecule has 56 heavy (non-hydrogen) atoms. The number of aliphatic hydroxyl groups excluding tert-OH is 4. The fourth-order valence-electron chi connectivity index (χ4n) is 6.20. The summed E-state index contributed by atoms with van der Waals surface area (Å²) in [6, 6.07) is -0.847. The van der Waals surface area contributed by atoms with Crippen molar-refractivity contribution in [3.05, 3.63) is 27.0 Å². The predicted molar refractivity (Wildman–Crippen MR) is 185 cm³/mol. The summed E-state index contributed by atoms with van der Waals surface area (Å²) in [5, 5.41) is 40.8. The maximum Gasteiger partial charge on any atom is 0.490 e. The first-order valence-electron chi connectivity index (χ1n) is 16.1. The number of ether oxygens (including phenoxy) is 2. The lowest BCUT2D eigenvalue weighted by Gasteiger charge is -2.44. The Morgan fingerprint density at radius 1 is 0.911 bits per heavy atom. The number of aliphatic hydroxyl groups is 4. The molecule has 0 radical (unpaired) electrons. The van der Waals surface area contributed by atoms with Crippen molar-refractivity contribution in [3.8, 4) is 0 Å². The molecule has 6 rings (SSSR count). The first-order chi connectivity index (χ1) is 26.2. The van der Waals surface area contributed by atoms with Crippen LogP contribution in [0.5, 0.6) is 0 Å². The zero-order valence-corrected chi connectivity index (χ0v) is 31.5. The predicted octanol–water partition coefficient (Wildman–Crippen LogP) is -4.35. The van der Waals surface area contributed by atoms with E-state index in [1.807, 2.05) is 0 Å². The van der Waals surface area contributed by atoms with Crippen LogP contribution in [0.25, 0.3) is 11.2 Å². The van der Waals surface area contributed by atoms with Crippen LogP contribution in [0.4, 0.5) is 23.4 Å². The molecule has 3 aliphatic rings. The van der Waals surface area contributed by atoms with Gasteiger partial charge in [-0.05, 0) is 0 Å². The molecule has 0 aromatic carbocycles. The number of nitrogen functional groups attached to an aromatic ring is 2. The zero-order chi connectivity index (χ0) is 40.9. The van der Waals surface area contributed by atoms with Gasteiger partial charge in [-0.3, -0.25) is 38.1 Å². The highest BCUT2D eigenvalue weighted by Crippen LogP contribution is 2.67. The Morgan fingerprint density at radius 2 is 1.54 bits per heavy atom. The Kier molecular flexibility index (Phi) is 12.1. The Morgan fingerprint density at radius 3 is 2.20 bits per heavy atom. The van der Waals surface area contributed by atoms with Gasteiger partial charge in [0.15, 0.2) is 23.2 Å². The summed E-state index contributed by atoms with van der Waals surface area (Å²) in [7, 11) is -15.7. The number of nitrogens with zero attached hydrogens (tertiary/aromatic N) is 7. The molecular formula is C24H38N11O18P3. The van der Waals surface area contributed by atoms with Gasteiger partial charge >= 0.3 is 23.5 Å². The largest absolute Gasteiger partial charge is 0.490 e. The average molecular weight is 862 g/mol. The molecule has 3 unspecified atom stereocenters. The van der Waals surface area contributed by atoms with Crippen molar-refractivity contribution in [1.29, 1.82) is 0 Å². The first kappa shape index (κ1) is 42.2. The molecule has 0 amide bonds. The minimum atomic E-state index is -5.98. The van der Waals surface area contributed by atoms with Gasteiger partial charge < -0.3 is 65.8 Å². The highest BCUT2D eigenvalue weighted by molar-refractivity contribution is 7.66. The van der Waals surface area contributed by atoms with Gasteiger partial charge in [-0.25, -0.2) is 18.7 Å². The summed E-state index contributed by atoms with van der Waals surface area (Å²) < 4.78 is 68.3. The van der Waals surface area contributed by atoms with Crippen molar-refractivity contribution < 1.29 is 75.9 Å². The second-order valence-electron chi connectivity index (χ2n) is 12.6. The lowest BCUT2D eigenvalue weighted by Crippen LogP contribution is -2.59. The second-order valence-corrected chi connectivity index (χ2v) is 17.2. The number of rotatable bonds is 15. The number of aromatic nitrogens is 6. The Bertz CT molecular complexity index is 2190. The van der Waals surface area contributed by atoms with Gasteiger partial charge in [0.25, 0.3) is 11.1 Å². The molecule has 0 saturated carbocycles. The number of imidazole rings is 1. The molecule has 0 aliphatic carbocycles. The van der Waals surface area contributed by atoms with Crippen LogP contribution >= 0.6 is 23.5 Å². The smallest absolute Gasteiger partial charge is 0.395 e. The van der Waals surface area contributed by atoms with E-state index in [9.17, 15) is 58.4 Å². The van der Waals surface area contributed by atoms with Crippen LogP contribution in [0.2, 0.25) is 0 Å². The molecule has 2 saturated heterocycles. The van der Waals surface area contributed by atoms with Gasteiger partial charge in [0.05, 0.1) is 51.6 Å². The number of fused-ring (bicyclic) bond motifs is 2. The minimum Gasteiger partial charge on any atom is -0.395 e. The van der Waals surface area contributed by atoms with Gasteiger partial charge in [-0.1, -0.05) is 0 Å². The van der Waals surface area contributed by atoms with E-state index in [2.05, 4.69) is 38.1 Å². The third-order valence-electron chi connectivity index (χ3n) is 8.68. The van der Waals surface area contributed by atoms with Crippen molar-refractivity contribution >= 4 is 58.0 Å². The van der Waals surface area contributed by atoms with E-state index in [1.165, 1.54) is 4.90 Å². The van der Waals surface area contributed by atoms with Gasteiger partial charge in [-0.2, -0.15) is 18.6 Å². The van der Waals surface area contributed by atoms with E-state index in [0.29, 0.717) is 0 Å². The van der Waals surface area contributed by atoms with Crippen molar-refractivity contribution in [2.24, 2.45) is 0 Å². The highest BCUT2D eigenvalue weighted by Gasteiger charge is 2.48. The average Bonchev–Trinajstić information content (AvgIpc) is 3.75. The van der Waals surface area contributed by atoms with E-state index >= 15 is 0 Å². The molecule has 0 bridgehead atoms. The van der Waals surface area contributed by atoms with E-state index in [0.717, 1.165) is 10.9 Å². The molecule has 9 atom stereocenters. The standard InChI is InChI=1S/C24H38N11O18P3/c1-32-9-35(19-15(32)21(41)31-24(26)29-19)13-3-33(10(4-36)5-37)2-11(50-13)6-48-54(42,43)52-56(46,47)53-55(44,45)49-7-12-16(38)17(39)22(51-12)34-8-27-14-18(34)28-23(25)30-20(14)40/h8,10-13,16-17,22,36-39H,2-7,9H2,1H3,(H,42,43)(H,44,45)(H,46,47)(H3,25,28,30,40)(H3,26,29,31,41)/t11-,12+,13+,16+,17+,22+/m0/s1. The van der Waals surface area contributed by atoms with E-state index in [1.54, 1.807) is 16.8 Å². The van der Waals surface area contributed by atoms with Crippen LogP contribution < -0.4 is 32.4 Å². The normalized spacial score (nSPS) is 27.7. The summed E-state index contributed by atoms with van der Waals surface area (Å²) in [4.78, 5) is 76.3. The molecule has 0 spiro atoms. The van der Waals surface area contributed by atoms with E-state index in [4.69, 9.17) is 25.5 Å². The Labute approximate surface area is 312 Å². The lowest BCUT2D eigenvalue weighted by atomic mass is 10.1. The number of hydrogen-bond acceptors (Lipinski definition) is 23. The van der Waals surface area contributed by atoms with Crippen LogP contribution in [0.1, 0.15) is 6.23 Å². The van der Waals surface area contributed by atoms with E-state index < -0.39 is 104 Å². The number of anilines is 4. The summed E-state index contributed by atoms with van der Waals surface area (Å²) >= 11 is 0. The van der Waals surface area contributed by atoms with Crippen molar-refractivity contribution in [2.45, 2.75) is 42.9 Å². The number of morpholine rings is 1. The molecule has 3 aromatic rings. The molecule has 312 valence electrons. The zero-order valence-electron chi connectivity index (χ0n) is 28.8. The van der Waals surface area contributed by atoms with Gasteiger partial charge in [-0.15, -0.1) is 0 Å². The van der Waals surface area contributed by atoms with Crippen LogP contribution in [-0.4, -0.2) is 159 Å². The summed E-state index contributed by atoms with van der Waals surface area (Å²) in [5.41, 5.74) is 9.86. The Balaban J connectivity index is 1.06. The third-order valence-corrected chi connectivity index (χ3v) is 12.9. The monoisotopic (exact) mass is 861 g/mol. The van der Waals surface area contributed by atoms with Crippen LogP contribution in [0, 0.1) is 0 Å². The highest BCUT2D eigenvalue weighted by atomic mass is 31.3. The van der Waals surface area contributed by atoms with Gasteiger partial charge in [0.1, 0.15) is 30.2 Å². The second kappa shape index (κ2) is 16.1. The first-order valence-corrected chi connectivity index (χ1v) is 20.6. The number of nitrogens with two attached hydrogens (primary N) is 2. The van der Waals surface area contributed by atoms with Crippen molar-refractivity contribution in [3.63, 3.8) is 0 Å². The number of phosphoric acid groups is 3. The summed E-state index contributed by atoms with van der Waals surface area (Å²) in [6.45, 7) is -3.02. The number of H-pyrrole nitrogens is 2. The molecule has 3 aromatic heterocycles. The lowest BCUT2D eigenvalue weighted by molar-refractivity contribution is -0.119. The van der Waals surface area contributed by atoms with Crippen LogP contribution in [0.3, 0.4) is 0 Å². The van der Waals surface area contributed by atoms with Crippen LogP contribution in [-0.2, 0) is 40.8 Å². The quantitative estimate of drug-likeness (QED) is 0.0643. The van der Waals surface area contributed by atoms with E-state index in [-0.39, 0.29) is 54.3 Å². The maximum atomic E-state index is 12.8. The molecule has 32 heteroatoms. The number of nitrogens with one attached hydrogen (secondary N) is 2. The van der Waals surface area contributed by atoms with Crippen molar-refractivity contribution in [2.75, 3.05) is 74.5 Å². The topological polar surface area (TPSA) is 419 Å². The molecule has 6 heterocycles. The number of aromatic amines is 2. The number of hydrogen-bond donors (Lipinski definition) is 11. The molecule has 13 N–H and O–H groups in total. The fourth-order valence-corrected chi connectivity index (χ4v) is 9.74. The molecule has 2 fully saturated rings. The summed E-state index contributed by atoms with van der Waals surface area (Å²) in [6.07, 6.45) is -7.79. The fraction of sp³-hybridized carbons (Fsp3) is 0.625. The number of phosphoric ester groups is 2. The van der Waals surface area contributed by atoms with Gasteiger partial charge in [0, 0.05) is 20.1 Å². The molecular weight excluding hydrogens is 823 g/mol. The van der Waals surface area contributed by atoms with Gasteiger partial charge in [0.2, 0.25) is 11.9 Å². The summed E-state index contributed by atoms with van der Waals surface area (Å²) in [5.74, 6) is -0.369.